The molecule has 2 unspecified atom stereocenters. The van der Waals surface area contributed by atoms with Crippen molar-refractivity contribution in [1.82, 2.24) is 5.32 Å². The van der Waals surface area contributed by atoms with Crippen molar-refractivity contribution in [3.8, 4) is 0 Å². The van der Waals surface area contributed by atoms with E-state index in [0.717, 1.165) is 35.8 Å². The SMILES string of the molecule is CNCc1ccc(N2CCC(C)C2CO)cc1Cl. The lowest BCUT2D eigenvalue weighted by Gasteiger charge is -2.27. The van der Waals surface area contributed by atoms with E-state index in [9.17, 15) is 5.11 Å². The van der Waals surface area contributed by atoms with Crippen LogP contribution in [0.3, 0.4) is 0 Å². The molecule has 2 N–H and O–H groups in total. The Hall–Kier alpha value is -0.770. The van der Waals surface area contributed by atoms with Gasteiger partial charge in [0, 0.05) is 23.8 Å². The lowest BCUT2D eigenvalue weighted by Crippen LogP contribution is -2.35. The van der Waals surface area contributed by atoms with E-state index >= 15 is 0 Å². The molecule has 0 saturated carbocycles. The summed E-state index contributed by atoms with van der Waals surface area (Å²) in [4.78, 5) is 2.26. The van der Waals surface area contributed by atoms with E-state index in [1.54, 1.807) is 0 Å². The highest BCUT2D eigenvalue weighted by molar-refractivity contribution is 6.31. The lowest BCUT2D eigenvalue weighted by atomic mass is 10.0. The van der Waals surface area contributed by atoms with Crippen LogP contribution in [-0.2, 0) is 6.54 Å². The second-order valence-electron chi connectivity index (χ2n) is 5.02. The smallest absolute Gasteiger partial charge is 0.0637 e. The third-order valence-electron chi connectivity index (χ3n) is 3.81. The van der Waals surface area contributed by atoms with Crippen molar-refractivity contribution in [1.29, 1.82) is 0 Å². The summed E-state index contributed by atoms with van der Waals surface area (Å²) in [5.41, 5.74) is 2.22. The second kappa shape index (κ2) is 5.91. The molecule has 2 atom stereocenters. The molecule has 0 spiro atoms. The number of nitrogens with one attached hydrogen (secondary N) is 1. The molecule has 1 aromatic rings. The molecule has 1 aliphatic rings. The number of hydrogen-bond acceptors (Lipinski definition) is 3. The Morgan fingerprint density at radius 3 is 2.89 bits per heavy atom. The number of aliphatic hydroxyl groups is 1. The van der Waals surface area contributed by atoms with E-state index in [4.69, 9.17) is 11.6 Å². The average molecular weight is 269 g/mol. The van der Waals surface area contributed by atoms with Crippen LogP contribution >= 0.6 is 11.6 Å². The van der Waals surface area contributed by atoms with Gasteiger partial charge in [-0.15, -0.1) is 0 Å². The Morgan fingerprint density at radius 1 is 1.50 bits per heavy atom. The van der Waals surface area contributed by atoms with Gasteiger partial charge in [0.05, 0.1) is 12.6 Å². The lowest BCUT2D eigenvalue weighted by molar-refractivity contribution is 0.245. The monoisotopic (exact) mass is 268 g/mol. The molecule has 0 bridgehead atoms. The largest absolute Gasteiger partial charge is 0.394 e. The molecular weight excluding hydrogens is 248 g/mol. The summed E-state index contributed by atoms with van der Waals surface area (Å²) in [7, 11) is 1.91. The minimum Gasteiger partial charge on any atom is -0.394 e. The molecule has 1 heterocycles. The zero-order valence-electron chi connectivity index (χ0n) is 11.0. The maximum absolute atomic E-state index is 9.49. The molecule has 0 radical (unpaired) electrons. The van der Waals surface area contributed by atoms with Crippen LogP contribution in [0.2, 0.25) is 5.02 Å². The molecule has 1 aromatic carbocycles. The highest BCUT2D eigenvalue weighted by Crippen LogP contribution is 2.32. The Morgan fingerprint density at radius 2 is 2.28 bits per heavy atom. The summed E-state index contributed by atoms with van der Waals surface area (Å²) in [5.74, 6) is 0.533. The Labute approximate surface area is 114 Å². The maximum atomic E-state index is 9.49. The predicted molar refractivity (Wildman–Crippen MR) is 76.2 cm³/mol. The van der Waals surface area contributed by atoms with Crippen LogP contribution in [0.5, 0.6) is 0 Å². The van der Waals surface area contributed by atoms with Gasteiger partial charge in [0.2, 0.25) is 0 Å². The third kappa shape index (κ3) is 2.63. The van der Waals surface area contributed by atoms with Crippen molar-refractivity contribution in [2.45, 2.75) is 25.9 Å². The molecule has 0 aliphatic carbocycles. The third-order valence-corrected chi connectivity index (χ3v) is 4.16. The normalized spacial score (nSPS) is 23.7. The van der Waals surface area contributed by atoms with Gasteiger partial charge >= 0.3 is 0 Å². The van der Waals surface area contributed by atoms with Gasteiger partial charge < -0.3 is 15.3 Å². The Balaban J connectivity index is 2.21. The zero-order valence-corrected chi connectivity index (χ0v) is 11.7. The van der Waals surface area contributed by atoms with Crippen molar-refractivity contribution in [2.75, 3.05) is 25.1 Å². The summed E-state index contributed by atoms with van der Waals surface area (Å²) in [6.07, 6.45) is 1.13. The van der Waals surface area contributed by atoms with E-state index in [-0.39, 0.29) is 12.6 Å². The number of benzene rings is 1. The first kappa shape index (κ1) is 13.7. The van der Waals surface area contributed by atoms with Crippen LogP contribution in [-0.4, -0.2) is 31.3 Å². The van der Waals surface area contributed by atoms with Gasteiger partial charge in [-0.25, -0.2) is 0 Å². The van der Waals surface area contributed by atoms with Crippen LogP contribution in [0.15, 0.2) is 18.2 Å². The highest BCUT2D eigenvalue weighted by Gasteiger charge is 2.30. The van der Waals surface area contributed by atoms with E-state index in [1.807, 2.05) is 13.1 Å². The van der Waals surface area contributed by atoms with Crippen molar-refractivity contribution in [2.24, 2.45) is 5.92 Å². The number of anilines is 1. The van der Waals surface area contributed by atoms with Crippen molar-refractivity contribution in [3.63, 3.8) is 0 Å². The molecule has 1 saturated heterocycles. The topological polar surface area (TPSA) is 35.5 Å². The summed E-state index contributed by atoms with van der Waals surface area (Å²) < 4.78 is 0. The molecule has 100 valence electrons. The van der Waals surface area contributed by atoms with Gasteiger partial charge in [-0.1, -0.05) is 24.6 Å². The molecule has 4 heteroatoms. The summed E-state index contributed by atoms with van der Waals surface area (Å²) in [6.45, 7) is 4.17. The Bertz CT molecular complexity index is 411. The maximum Gasteiger partial charge on any atom is 0.0637 e. The molecule has 3 nitrogen and oxygen atoms in total. The second-order valence-corrected chi connectivity index (χ2v) is 5.42. The average Bonchev–Trinajstić information content (AvgIpc) is 2.73. The predicted octanol–water partition coefficient (Wildman–Crippen LogP) is 2.27. The fourth-order valence-corrected chi connectivity index (χ4v) is 2.90. The molecular formula is C14H21ClN2O. The van der Waals surface area contributed by atoms with Crippen molar-refractivity contribution in [3.05, 3.63) is 28.8 Å². The van der Waals surface area contributed by atoms with Gasteiger partial charge in [-0.05, 0) is 37.1 Å². The van der Waals surface area contributed by atoms with Crippen LogP contribution in [0.4, 0.5) is 5.69 Å². The first-order chi connectivity index (χ1) is 8.67. The van der Waals surface area contributed by atoms with Gasteiger partial charge in [-0.2, -0.15) is 0 Å². The van der Waals surface area contributed by atoms with Crippen LogP contribution < -0.4 is 10.2 Å². The zero-order chi connectivity index (χ0) is 13.1. The fraction of sp³-hybridized carbons (Fsp3) is 0.571. The van der Waals surface area contributed by atoms with E-state index in [1.165, 1.54) is 0 Å². The minimum absolute atomic E-state index is 0.205. The number of halogens is 1. The van der Waals surface area contributed by atoms with E-state index in [2.05, 4.69) is 29.3 Å². The molecule has 0 aromatic heterocycles. The molecule has 0 amide bonds. The summed E-state index contributed by atoms with van der Waals surface area (Å²) in [5, 5.41) is 13.4. The molecule has 1 aliphatic heterocycles. The quantitative estimate of drug-likeness (QED) is 0.879. The number of hydrogen-bond donors (Lipinski definition) is 2. The number of rotatable bonds is 4. The van der Waals surface area contributed by atoms with Gasteiger partial charge in [0.15, 0.2) is 0 Å². The van der Waals surface area contributed by atoms with Gasteiger partial charge in [0.1, 0.15) is 0 Å². The van der Waals surface area contributed by atoms with Gasteiger partial charge in [-0.3, -0.25) is 0 Å². The Kier molecular flexibility index (Phi) is 4.49. The number of aliphatic hydroxyl groups excluding tert-OH is 1. The molecule has 18 heavy (non-hydrogen) atoms. The first-order valence-corrected chi connectivity index (χ1v) is 6.85. The van der Waals surface area contributed by atoms with E-state index < -0.39 is 0 Å². The summed E-state index contributed by atoms with van der Waals surface area (Å²) in [6, 6.07) is 6.39. The highest BCUT2D eigenvalue weighted by atomic mass is 35.5. The minimum atomic E-state index is 0.205. The van der Waals surface area contributed by atoms with E-state index in [0.29, 0.717) is 5.92 Å². The standard InChI is InChI=1S/C14H21ClN2O/c1-10-5-6-17(14(10)9-18)12-4-3-11(8-16-2)13(15)7-12/h3-4,7,10,14,16,18H,5-6,8-9H2,1-2H3. The van der Waals surface area contributed by atoms with Crippen LogP contribution in [0, 0.1) is 5.92 Å². The number of nitrogens with zero attached hydrogens (tertiary/aromatic N) is 1. The van der Waals surface area contributed by atoms with Crippen molar-refractivity contribution < 1.29 is 5.11 Å². The molecule has 1 fully saturated rings. The first-order valence-electron chi connectivity index (χ1n) is 6.48. The van der Waals surface area contributed by atoms with Crippen LogP contribution in [0.25, 0.3) is 0 Å². The molecule has 2 rings (SSSR count). The van der Waals surface area contributed by atoms with Gasteiger partial charge in [0.25, 0.3) is 0 Å². The van der Waals surface area contributed by atoms with Crippen molar-refractivity contribution >= 4 is 17.3 Å². The summed E-state index contributed by atoms with van der Waals surface area (Å²) >= 11 is 6.28. The fourth-order valence-electron chi connectivity index (χ4n) is 2.66. The van der Waals surface area contributed by atoms with Crippen LogP contribution in [0.1, 0.15) is 18.9 Å².